The highest BCUT2D eigenvalue weighted by molar-refractivity contribution is 6.22. The molecule has 3 fully saturated rings. The third kappa shape index (κ3) is 3.63. The van der Waals surface area contributed by atoms with Gasteiger partial charge < -0.3 is 14.5 Å². The maximum atomic E-state index is 13.0. The molecule has 5 rings (SSSR count). The molecule has 4 amide bonds. The van der Waals surface area contributed by atoms with E-state index in [2.05, 4.69) is 0 Å². The third-order valence-corrected chi connectivity index (χ3v) is 6.96. The molecule has 164 valence electrons. The smallest absolute Gasteiger partial charge is 0.261 e. The Labute approximate surface area is 181 Å². The molecule has 4 aliphatic rings. The highest BCUT2D eigenvalue weighted by Gasteiger charge is 2.38. The zero-order valence-electron chi connectivity index (χ0n) is 17.5. The first-order valence-corrected chi connectivity index (χ1v) is 11.2. The van der Waals surface area contributed by atoms with E-state index in [9.17, 15) is 19.2 Å². The molecule has 0 N–H and O–H groups in total. The number of nitrogens with zero attached hydrogens (tertiary/aromatic N) is 3. The molecule has 0 spiro atoms. The van der Waals surface area contributed by atoms with Gasteiger partial charge >= 0.3 is 0 Å². The standard InChI is InChI=1S/C23H27N3O5/c27-20(15-3-1-4-15)24-8-10-25(11-9-24)21(28)16-6-7-18-19(13-16)23(30)26(22(18)29)14-17-5-2-12-31-17/h6-7,13,15,17H,1-5,8-12,14H2. The Hall–Kier alpha value is -2.74. The van der Waals surface area contributed by atoms with Crippen molar-refractivity contribution in [1.82, 2.24) is 14.7 Å². The molecule has 1 atom stereocenters. The van der Waals surface area contributed by atoms with Gasteiger partial charge in [0.05, 0.1) is 23.8 Å². The minimum atomic E-state index is -0.360. The maximum Gasteiger partial charge on any atom is 0.261 e. The second kappa shape index (κ2) is 8.07. The minimum Gasteiger partial charge on any atom is -0.376 e. The number of carbonyl (C=O) groups is 4. The van der Waals surface area contributed by atoms with Crippen molar-refractivity contribution in [3.05, 3.63) is 34.9 Å². The van der Waals surface area contributed by atoms with E-state index in [0.717, 1.165) is 32.1 Å². The molecule has 1 aliphatic carbocycles. The molecule has 1 saturated carbocycles. The summed E-state index contributed by atoms with van der Waals surface area (Å²) in [6.45, 7) is 2.95. The monoisotopic (exact) mass is 425 g/mol. The van der Waals surface area contributed by atoms with Crippen LogP contribution in [0.15, 0.2) is 18.2 Å². The van der Waals surface area contributed by atoms with Crippen LogP contribution in [0.25, 0.3) is 0 Å². The Morgan fingerprint density at radius 2 is 1.61 bits per heavy atom. The Bertz CT molecular complexity index is 927. The molecule has 8 heteroatoms. The van der Waals surface area contributed by atoms with Gasteiger partial charge in [-0.2, -0.15) is 0 Å². The highest BCUT2D eigenvalue weighted by Crippen LogP contribution is 2.29. The molecule has 31 heavy (non-hydrogen) atoms. The first kappa shape index (κ1) is 20.2. The topological polar surface area (TPSA) is 87.2 Å². The van der Waals surface area contributed by atoms with Crippen LogP contribution in [0.2, 0.25) is 0 Å². The summed E-state index contributed by atoms with van der Waals surface area (Å²) in [6, 6.07) is 4.74. The predicted octanol–water partition coefficient (Wildman–Crippen LogP) is 1.55. The summed E-state index contributed by atoms with van der Waals surface area (Å²) in [5.41, 5.74) is 1.03. The van der Waals surface area contributed by atoms with Gasteiger partial charge in [-0.25, -0.2) is 0 Å². The van der Waals surface area contributed by atoms with Crippen molar-refractivity contribution in [3.63, 3.8) is 0 Å². The molecule has 3 aliphatic heterocycles. The van der Waals surface area contributed by atoms with Crippen molar-refractivity contribution in [2.45, 2.75) is 38.2 Å². The summed E-state index contributed by atoms with van der Waals surface area (Å²) in [4.78, 5) is 55.8. The SMILES string of the molecule is O=C(c1ccc2c(c1)C(=O)N(CC1CCCO1)C2=O)N1CCN(C(=O)C2CCC2)CC1. The van der Waals surface area contributed by atoms with Crippen molar-refractivity contribution in [2.24, 2.45) is 5.92 Å². The number of amides is 4. The summed E-state index contributed by atoms with van der Waals surface area (Å²) in [5, 5.41) is 0. The van der Waals surface area contributed by atoms with E-state index in [1.807, 2.05) is 4.90 Å². The van der Waals surface area contributed by atoms with Crippen LogP contribution in [-0.2, 0) is 9.53 Å². The van der Waals surface area contributed by atoms with Crippen LogP contribution in [0.5, 0.6) is 0 Å². The summed E-state index contributed by atoms with van der Waals surface area (Å²) in [6.07, 6.45) is 4.74. The molecule has 8 nitrogen and oxygen atoms in total. The van der Waals surface area contributed by atoms with Crippen LogP contribution in [0.1, 0.15) is 63.2 Å². The number of carbonyl (C=O) groups excluding carboxylic acids is 4. The fourth-order valence-corrected chi connectivity index (χ4v) is 4.81. The Kier molecular flexibility index (Phi) is 5.25. The van der Waals surface area contributed by atoms with Crippen molar-refractivity contribution in [3.8, 4) is 0 Å². The lowest BCUT2D eigenvalue weighted by Crippen LogP contribution is -2.52. The van der Waals surface area contributed by atoms with E-state index in [1.54, 1.807) is 23.1 Å². The zero-order chi connectivity index (χ0) is 21.5. The molecule has 0 bridgehead atoms. The number of piperazine rings is 1. The van der Waals surface area contributed by atoms with Gasteiger partial charge in [0.15, 0.2) is 0 Å². The first-order chi connectivity index (χ1) is 15.0. The molecule has 2 saturated heterocycles. The molecular weight excluding hydrogens is 398 g/mol. The second-order valence-electron chi connectivity index (χ2n) is 8.86. The van der Waals surface area contributed by atoms with Crippen molar-refractivity contribution < 1.29 is 23.9 Å². The van der Waals surface area contributed by atoms with E-state index in [0.29, 0.717) is 43.9 Å². The van der Waals surface area contributed by atoms with E-state index in [4.69, 9.17) is 4.74 Å². The summed E-state index contributed by atoms with van der Waals surface area (Å²) >= 11 is 0. The number of imide groups is 1. The van der Waals surface area contributed by atoms with Crippen LogP contribution < -0.4 is 0 Å². The van der Waals surface area contributed by atoms with Crippen LogP contribution in [0.3, 0.4) is 0 Å². The summed E-state index contributed by atoms with van der Waals surface area (Å²) in [5.74, 6) is -0.471. The fourth-order valence-electron chi connectivity index (χ4n) is 4.81. The largest absolute Gasteiger partial charge is 0.376 e. The summed E-state index contributed by atoms with van der Waals surface area (Å²) < 4.78 is 5.57. The zero-order valence-corrected chi connectivity index (χ0v) is 17.5. The lowest BCUT2D eigenvalue weighted by molar-refractivity contribution is -0.139. The second-order valence-corrected chi connectivity index (χ2v) is 8.86. The maximum absolute atomic E-state index is 13.0. The van der Waals surface area contributed by atoms with E-state index in [-0.39, 0.29) is 47.8 Å². The van der Waals surface area contributed by atoms with Gasteiger partial charge in [0.1, 0.15) is 0 Å². The Morgan fingerprint density at radius 3 is 2.26 bits per heavy atom. The van der Waals surface area contributed by atoms with Gasteiger partial charge in [0.25, 0.3) is 17.7 Å². The van der Waals surface area contributed by atoms with E-state index in [1.165, 1.54) is 4.90 Å². The Balaban J connectivity index is 1.24. The third-order valence-electron chi connectivity index (χ3n) is 6.96. The van der Waals surface area contributed by atoms with Gasteiger partial charge in [-0.3, -0.25) is 24.1 Å². The number of hydrogen-bond donors (Lipinski definition) is 0. The number of benzene rings is 1. The lowest BCUT2D eigenvalue weighted by Gasteiger charge is -2.38. The minimum absolute atomic E-state index is 0.109. The molecule has 3 heterocycles. The Morgan fingerprint density at radius 1 is 0.903 bits per heavy atom. The average Bonchev–Trinajstić information content (AvgIpc) is 3.35. The lowest BCUT2D eigenvalue weighted by atomic mass is 9.84. The molecular formula is C23H27N3O5. The number of hydrogen-bond acceptors (Lipinski definition) is 5. The van der Waals surface area contributed by atoms with Gasteiger partial charge in [-0.1, -0.05) is 6.42 Å². The molecule has 1 aromatic carbocycles. The highest BCUT2D eigenvalue weighted by atomic mass is 16.5. The normalized spacial score (nSPS) is 23.9. The van der Waals surface area contributed by atoms with Crippen molar-refractivity contribution in [1.29, 1.82) is 0 Å². The summed E-state index contributed by atoms with van der Waals surface area (Å²) in [7, 11) is 0. The van der Waals surface area contributed by atoms with Crippen LogP contribution in [-0.4, -0.2) is 83.8 Å². The quantitative estimate of drug-likeness (QED) is 0.683. The van der Waals surface area contributed by atoms with E-state index >= 15 is 0 Å². The molecule has 0 radical (unpaired) electrons. The van der Waals surface area contributed by atoms with Gasteiger partial charge in [-0.15, -0.1) is 0 Å². The van der Waals surface area contributed by atoms with E-state index < -0.39 is 0 Å². The van der Waals surface area contributed by atoms with Crippen LogP contribution >= 0.6 is 0 Å². The number of fused-ring (bicyclic) bond motifs is 1. The van der Waals surface area contributed by atoms with Crippen LogP contribution in [0, 0.1) is 5.92 Å². The number of ether oxygens (including phenoxy) is 1. The van der Waals surface area contributed by atoms with Crippen molar-refractivity contribution >= 4 is 23.6 Å². The average molecular weight is 425 g/mol. The molecule has 0 aromatic heterocycles. The molecule has 1 aromatic rings. The van der Waals surface area contributed by atoms with Gasteiger partial charge in [0.2, 0.25) is 5.91 Å². The molecule has 1 unspecified atom stereocenters. The van der Waals surface area contributed by atoms with Crippen molar-refractivity contribution in [2.75, 3.05) is 39.3 Å². The predicted molar refractivity (Wildman–Crippen MR) is 111 cm³/mol. The fraction of sp³-hybridized carbons (Fsp3) is 0.565. The van der Waals surface area contributed by atoms with Crippen LogP contribution in [0.4, 0.5) is 0 Å². The van der Waals surface area contributed by atoms with Gasteiger partial charge in [0, 0.05) is 44.3 Å². The number of rotatable bonds is 4. The first-order valence-electron chi connectivity index (χ1n) is 11.2. The van der Waals surface area contributed by atoms with Gasteiger partial charge in [-0.05, 0) is 43.9 Å².